The maximum atomic E-state index is 13.6. The molecular weight excluding hydrogens is 345 g/mol. The van der Waals surface area contributed by atoms with Crippen LogP contribution in [0.1, 0.15) is 39.4 Å². The van der Waals surface area contributed by atoms with Gasteiger partial charge in [-0.2, -0.15) is 0 Å². The zero-order valence-electron chi connectivity index (χ0n) is 14.2. The molecule has 134 valence electrons. The molecule has 3 rings (SSSR count). The molecule has 0 radical (unpaired) electrons. The third-order valence-electron chi connectivity index (χ3n) is 4.37. The van der Waals surface area contributed by atoms with Crippen molar-refractivity contribution in [2.45, 2.75) is 13.0 Å². The summed E-state index contributed by atoms with van der Waals surface area (Å²) in [5.74, 6) is -0.546. The molecule has 1 saturated heterocycles. The van der Waals surface area contributed by atoms with E-state index in [1.165, 1.54) is 19.1 Å². The van der Waals surface area contributed by atoms with Crippen LogP contribution in [0.2, 0.25) is 0 Å². The van der Waals surface area contributed by atoms with Gasteiger partial charge < -0.3 is 14.8 Å². The summed E-state index contributed by atoms with van der Waals surface area (Å²) in [6.45, 7) is 3.26. The second kappa shape index (κ2) is 7.80. The van der Waals surface area contributed by atoms with Gasteiger partial charge in [-0.3, -0.25) is 9.59 Å². The number of aromatic nitrogens is 1. The van der Waals surface area contributed by atoms with Crippen molar-refractivity contribution >= 4 is 24.1 Å². The van der Waals surface area contributed by atoms with Gasteiger partial charge in [0.2, 0.25) is 0 Å². The second-order valence-corrected chi connectivity index (χ2v) is 6.05. The Labute approximate surface area is 152 Å². The second-order valence-electron chi connectivity index (χ2n) is 6.05. The number of ketones is 1. The van der Waals surface area contributed by atoms with Gasteiger partial charge in [0.25, 0.3) is 5.91 Å². The van der Waals surface area contributed by atoms with E-state index in [4.69, 9.17) is 0 Å². The quantitative estimate of drug-likeness (QED) is 0.850. The van der Waals surface area contributed by atoms with Crippen LogP contribution < -0.4 is 5.32 Å². The molecule has 0 spiro atoms. The standard InChI is InChI=1S/C18H20FN3O2.ClH/c1-12(23)14-9-16(21(2)11-14)18(24)22-7-6-20-10-17(22)13-4-3-5-15(19)8-13;/h3-5,8-9,11,17,20H,6-7,10H2,1-2H3;1H. The van der Waals surface area contributed by atoms with Crippen molar-refractivity contribution in [2.75, 3.05) is 19.6 Å². The molecule has 0 aliphatic carbocycles. The molecule has 1 N–H and O–H groups in total. The summed E-state index contributed by atoms with van der Waals surface area (Å²) < 4.78 is 15.2. The number of nitrogens with zero attached hydrogens (tertiary/aromatic N) is 2. The van der Waals surface area contributed by atoms with Gasteiger partial charge in [-0.25, -0.2) is 4.39 Å². The first-order valence-corrected chi connectivity index (χ1v) is 7.92. The summed E-state index contributed by atoms with van der Waals surface area (Å²) in [5.41, 5.74) is 1.73. The maximum absolute atomic E-state index is 13.6. The summed E-state index contributed by atoms with van der Waals surface area (Å²) in [7, 11) is 1.75. The fourth-order valence-corrected chi connectivity index (χ4v) is 3.08. The van der Waals surface area contributed by atoms with Crippen LogP contribution in [0.5, 0.6) is 0 Å². The van der Waals surface area contributed by atoms with E-state index in [2.05, 4.69) is 5.32 Å². The van der Waals surface area contributed by atoms with E-state index in [-0.39, 0.29) is 36.0 Å². The first-order chi connectivity index (χ1) is 11.5. The topological polar surface area (TPSA) is 54.3 Å². The molecule has 1 aliphatic heterocycles. The van der Waals surface area contributed by atoms with Gasteiger partial charge in [-0.1, -0.05) is 12.1 Å². The molecular formula is C18H21ClFN3O2. The number of hydrogen-bond acceptors (Lipinski definition) is 3. The van der Waals surface area contributed by atoms with Gasteiger partial charge in [0.1, 0.15) is 11.5 Å². The smallest absolute Gasteiger partial charge is 0.271 e. The number of Topliss-reactive ketones (excluding diaryl/α,β-unsaturated/α-hetero) is 1. The predicted octanol–water partition coefficient (Wildman–Crippen LogP) is 2.58. The van der Waals surface area contributed by atoms with Crippen LogP contribution in [-0.2, 0) is 7.05 Å². The molecule has 2 aromatic rings. The highest BCUT2D eigenvalue weighted by Gasteiger charge is 2.30. The van der Waals surface area contributed by atoms with Gasteiger partial charge in [0, 0.05) is 38.4 Å². The molecule has 7 heteroatoms. The van der Waals surface area contributed by atoms with Crippen LogP contribution in [0.15, 0.2) is 36.5 Å². The predicted molar refractivity (Wildman–Crippen MR) is 95.7 cm³/mol. The van der Waals surface area contributed by atoms with Crippen LogP contribution >= 0.6 is 12.4 Å². The maximum Gasteiger partial charge on any atom is 0.271 e. The monoisotopic (exact) mass is 365 g/mol. The number of nitrogens with one attached hydrogen (secondary N) is 1. The van der Waals surface area contributed by atoms with Gasteiger partial charge in [0.15, 0.2) is 5.78 Å². The highest BCUT2D eigenvalue weighted by atomic mass is 35.5. The first-order valence-electron chi connectivity index (χ1n) is 7.92. The molecule has 1 aromatic carbocycles. The summed E-state index contributed by atoms with van der Waals surface area (Å²) in [6, 6.07) is 7.71. The molecule has 1 unspecified atom stereocenters. The Hall–Kier alpha value is -2.18. The summed E-state index contributed by atoms with van der Waals surface area (Å²) in [6.07, 6.45) is 1.66. The lowest BCUT2D eigenvalue weighted by Gasteiger charge is -2.36. The third kappa shape index (κ3) is 3.91. The number of aryl methyl sites for hydroxylation is 1. The molecule has 1 amide bonds. The van der Waals surface area contributed by atoms with Crippen LogP contribution in [0, 0.1) is 5.82 Å². The van der Waals surface area contributed by atoms with E-state index in [9.17, 15) is 14.0 Å². The van der Waals surface area contributed by atoms with E-state index in [1.807, 2.05) is 6.07 Å². The Morgan fingerprint density at radius 3 is 2.68 bits per heavy atom. The Balaban J connectivity index is 0.00000225. The Bertz CT molecular complexity index is 790. The molecule has 25 heavy (non-hydrogen) atoms. The number of piperazine rings is 1. The minimum Gasteiger partial charge on any atom is -0.346 e. The summed E-state index contributed by atoms with van der Waals surface area (Å²) in [4.78, 5) is 26.3. The average Bonchev–Trinajstić information content (AvgIpc) is 2.96. The highest BCUT2D eigenvalue weighted by Crippen LogP contribution is 2.25. The molecule has 2 heterocycles. The van der Waals surface area contributed by atoms with E-state index in [0.717, 1.165) is 5.56 Å². The Morgan fingerprint density at radius 1 is 1.28 bits per heavy atom. The lowest BCUT2D eigenvalue weighted by molar-refractivity contribution is 0.0624. The minimum absolute atomic E-state index is 0. The molecule has 0 bridgehead atoms. The van der Waals surface area contributed by atoms with Crippen molar-refractivity contribution in [2.24, 2.45) is 7.05 Å². The van der Waals surface area contributed by atoms with Crippen molar-refractivity contribution in [1.29, 1.82) is 0 Å². The minimum atomic E-state index is -0.316. The Morgan fingerprint density at radius 2 is 2.04 bits per heavy atom. The number of hydrogen-bond donors (Lipinski definition) is 1. The normalized spacial score (nSPS) is 17.1. The fourth-order valence-electron chi connectivity index (χ4n) is 3.08. The van der Waals surface area contributed by atoms with E-state index in [1.54, 1.807) is 34.8 Å². The number of halogens is 2. The lowest BCUT2D eigenvalue weighted by Crippen LogP contribution is -2.49. The van der Waals surface area contributed by atoms with Crippen LogP contribution in [0.25, 0.3) is 0 Å². The van der Waals surface area contributed by atoms with Crippen molar-refractivity contribution in [1.82, 2.24) is 14.8 Å². The molecule has 1 fully saturated rings. The van der Waals surface area contributed by atoms with Crippen LogP contribution in [0.3, 0.4) is 0 Å². The zero-order valence-corrected chi connectivity index (χ0v) is 15.0. The zero-order chi connectivity index (χ0) is 17.3. The molecule has 5 nitrogen and oxygen atoms in total. The van der Waals surface area contributed by atoms with E-state index >= 15 is 0 Å². The van der Waals surface area contributed by atoms with Gasteiger partial charge in [0.05, 0.1) is 6.04 Å². The molecule has 1 aromatic heterocycles. The number of rotatable bonds is 3. The first kappa shape index (κ1) is 19.1. The molecule has 0 saturated carbocycles. The average molecular weight is 366 g/mol. The SMILES string of the molecule is CC(=O)c1cc(C(=O)N2CCNCC2c2cccc(F)c2)n(C)c1.Cl. The van der Waals surface area contributed by atoms with Crippen LogP contribution in [0.4, 0.5) is 4.39 Å². The van der Waals surface area contributed by atoms with Crippen molar-refractivity contribution in [3.63, 3.8) is 0 Å². The number of benzene rings is 1. The lowest BCUT2D eigenvalue weighted by atomic mass is 10.0. The molecule has 1 atom stereocenters. The number of amides is 1. The third-order valence-corrected chi connectivity index (χ3v) is 4.37. The molecule has 1 aliphatic rings. The van der Waals surface area contributed by atoms with Crippen LogP contribution in [-0.4, -0.2) is 40.8 Å². The fraction of sp³-hybridized carbons (Fsp3) is 0.333. The van der Waals surface area contributed by atoms with E-state index < -0.39 is 0 Å². The largest absolute Gasteiger partial charge is 0.346 e. The van der Waals surface area contributed by atoms with Crippen molar-refractivity contribution in [3.8, 4) is 0 Å². The van der Waals surface area contributed by atoms with Gasteiger partial charge in [-0.15, -0.1) is 12.4 Å². The van der Waals surface area contributed by atoms with Crippen molar-refractivity contribution < 1.29 is 14.0 Å². The van der Waals surface area contributed by atoms with Crippen molar-refractivity contribution in [3.05, 3.63) is 59.2 Å². The Kier molecular flexibility index (Phi) is 5.98. The summed E-state index contributed by atoms with van der Waals surface area (Å²) in [5, 5.41) is 3.25. The van der Waals surface area contributed by atoms with Gasteiger partial charge >= 0.3 is 0 Å². The number of carbonyl (C=O) groups excluding carboxylic acids is 2. The number of carbonyl (C=O) groups is 2. The van der Waals surface area contributed by atoms with E-state index in [0.29, 0.717) is 30.9 Å². The highest BCUT2D eigenvalue weighted by molar-refractivity contribution is 5.99. The summed E-state index contributed by atoms with van der Waals surface area (Å²) >= 11 is 0. The van der Waals surface area contributed by atoms with Gasteiger partial charge in [-0.05, 0) is 30.7 Å².